The third-order valence-electron chi connectivity index (χ3n) is 6.13. The second-order valence-electron chi connectivity index (χ2n) is 10.2. The molecule has 2 aromatic heterocycles. The van der Waals surface area contributed by atoms with Crippen molar-refractivity contribution in [1.29, 1.82) is 0 Å². The molecule has 1 aliphatic heterocycles. The molecule has 0 bridgehead atoms. The van der Waals surface area contributed by atoms with Crippen molar-refractivity contribution in [3.63, 3.8) is 0 Å². The van der Waals surface area contributed by atoms with Gasteiger partial charge in [-0.15, -0.1) is 0 Å². The lowest BCUT2D eigenvalue weighted by molar-refractivity contribution is 0.0293. The highest BCUT2D eigenvalue weighted by Gasteiger charge is 2.31. The maximum Gasteiger partial charge on any atom is 0.410 e. The zero-order chi connectivity index (χ0) is 27.6. The van der Waals surface area contributed by atoms with Crippen molar-refractivity contribution in [2.24, 2.45) is 0 Å². The summed E-state index contributed by atoms with van der Waals surface area (Å²) in [5.74, 6) is 6.55. The van der Waals surface area contributed by atoms with Gasteiger partial charge in [-0.05, 0) is 63.4 Å². The van der Waals surface area contributed by atoms with E-state index >= 15 is 0 Å². The molecule has 1 N–H and O–H groups in total. The molecule has 1 saturated heterocycles. The van der Waals surface area contributed by atoms with E-state index in [9.17, 15) is 13.2 Å². The van der Waals surface area contributed by atoms with Gasteiger partial charge in [-0.2, -0.15) is 0 Å². The number of ether oxygens (including phenoxy) is 1. The maximum atomic E-state index is 13.8. The fourth-order valence-electron chi connectivity index (χ4n) is 4.35. The monoisotopic (exact) mass is 543 g/mol. The summed E-state index contributed by atoms with van der Waals surface area (Å²) < 4.78 is 34.2. The van der Waals surface area contributed by atoms with E-state index in [1.807, 2.05) is 51.1 Å². The van der Waals surface area contributed by atoms with E-state index in [2.05, 4.69) is 27.1 Å². The number of benzene rings is 2. The molecular weight excluding hydrogens is 514 g/mol. The number of hydrogen-bond donors (Lipinski definition) is 1. The predicted octanol–water partition coefficient (Wildman–Crippen LogP) is 4.49. The Labute approximate surface area is 227 Å². The molecule has 0 spiro atoms. The highest BCUT2D eigenvalue weighted by atomic mass is 32.2. The number of carbonyl (C=O) groups excluding carboxylic acids is 1. The Morgan fingerprint density at radius 1 is 1.03 bits per heavy atom. The largest absolute Gasteiger partial charge is 0.444 e. The van der Waals surface area contributed by atoms with E-state index in [-0.39, 0.29) is 28.4 Å². The van der Waals surface area contributed by atoms with Crippen molar-refractivity contribution < 1.29 is 17.9 Å². The van der Waals surface area contributed by atoms with Crippen molar-refractivity contribution in [2.75, 3.05) is 18.4 Å². The number of nitrogens with one attached hydrogen (secondary N) is 1. The zero-order valence-corrected chi connectivity index (χ0v) is 22.8. The van der Waals surface area contributed by atoms with E-state index in [0.717, 1.165) is 5.56 Å². The van der Waals surface area contributed by atoms with E-state index in [0.29, 0.717) is 30.7 Å². The number of amides is 1. The topological polar surface area (TPSA) is 106 Å². The molecule has 2 aromatic carbocycles. The van der Waals surface area contributed by atoms with Crippen molar-refractivity contribution in [3.05, 3.63) is 84.3 Å². The number of likely N-dealkylation sites (tertiary alicyclic amines) is 1. The van der Waals surface area contributed by atoms with Gasteiger partial charge in [0.05, 0.1) is 10.3 Å². The van der Waals surface area contributed by atoms with Crippen LogP contribution in [0, 0.1) is 11.8 Å². The summed E-state index contributed by atoms with van der Waals surface area (Å²) in [5.41, 5.74) is 0.661. The van der Waals surface area contributed by atoms with Crippen LogP contribution < -0.4 is 5.32 Å². The average Bonchev–Trinajstić information content (AvgIpc) is 3.53. The summed E-state index contributed by atoms with van der Waals surface area (Å²) in [6, 6.07) is 19.1. The molecule has 0 aliphatic carbocycles. The van der Waals surface area contributed by atoms with Gasteiger partial charge in [-0.25, -0.2) is 27.2 Å². The van der Waals surface area contributed by atoms with Crippen LogP contribution in [0.15, 0.2) is 78.0 Å². The van der Waals surface area contributed by atoms with Crippen LogP contribution in [0.25, 0.3) is 11.0 Å². The average molecular weight is 544 g/mol. The van der Waals surface area contributed by atoms with Gasteiger partial charge in [0.25, 0.3) is 10.0 Å². The molecule has 1 amide bonds. The number of nitrogens with zero attached hydrogens (tertiary/aromatic N) is 4. The smallest absolute Gasteiger partial charge is 0.410 e. The van der Waals surface area contributed by atoms with Crippen molar-refractivity contribution >= 4 is 33.0 Å². The molecule has 200 valence electrons. The van der Waals surface area contributed by atoms with Gasteiger partial charge in [0.1, 0.15) is 23.4 Å². The summed E-state index contributed by atoms with van der Waals surface area (Å²) in [6.45, 7) is 6.48. The molecule has 1 aliphatic rings. The zero-order valence-electron chi connectivity index (χ0n) is 22.0. The van der Waals surface area contributed by atoms with Gasteiger partial charge in [0, 0.05) is 24.7 Å². The minimum atomic E-state index is -4.01. The second-order valence-corrected chi connectivity index (χ2v) is 12.0. The first kappa shape index (κ1) is 26.3. The Bertz CT molecular complexity index is 1670. The van der Waals surface area contributed by atoms with Gasteiger partial charge < -0.3 is 15.0 Å². The highest BCUT2D eigenvalue weighted by molar-refractivity contribution is 7.90. The molecule has 3 heterocycles. The number of aromatic nitrogens is 3. The lowest BCUT2D eigenvalue weighted by Gasteiger charge is -2.24. The number of hydrogen-bond acceptors (Lipinski definition) is 7. The van der Waals surface area contributed by atoms with Crippen LogP contribution in [0.2, 0.25) is 0 Å². The summed E-state index contributed by atoms with van der Waals surface area (Å²) in [6.07, 6.45) is 1.66. The Morgan fingerprint density at radius 3 is 2.41 bits per heavy atom. The summed E-state index contributed by atoms with van der Waals surface area (Å²) in [7, 11) is -4.01. The van der Waals surface area contributed by atoms with Gasteiger partial charge in [0.2, 0.25) is 0 Å². The molecule has 1 fully saturated rings. The van der Waals surface area contributed by atoms with Gasteiger partial charge in [0.15, 0.2) is 5.65 Å². The van der Waals surface area contributed by atoms with Crippen molar-refractivity contribution in [3.8, 4) is 11.8 Å². The second kappa shape index (κ2) is 10.4. The maximum absolute atomic E-state index is 13.8. The molecule has 1 atom stereocenters. The van der Waals surface area contributed by atoms with Crippen LogP contribution in [0.4, 0.5) is 10.6 Å². The first-order chi connectivity index (χ1) is 18.6. The van der Waals surface area contributed by atoms with Crippen LogP contribution in [0.1, 0.15) is 38.4 Å². The molecule has 4 aromatic rings. The summed E-state index contributed by atoms with van der Waals surface area (Å²) >= 11 is 0. The lowest BCUT2D eigenvalue weighted by atomic mass is 10.2. The van der Waals surface area contributed by atoms with Crippen LogP contribution >= 0.6 is 0 Å². The van der Waals surface area contributed by atoms with Crippen LogP contribution in [-0.2, 0) is 14.8 Å². The first-order valence-electron chi connectivity index (χ1n) is 12.6. The van der Waals surface area contributed by atoms with E-state index in [1.54, 1.807) is 41.3 Å². The standard InChI is InChI=1S/C29H29N5O4S/c1-29(2,3)38-28(35)33-17-16-22(19-33)32-26-25-18-23(15-14-21-10-6-4-7-11-21)34(27(25)31-20-30-26)39(36,37)24-12-8-5-9-13-24/h4-13,18,20,22H,16-17,19H2,1-3H3,(H,30,31,32)/t22-/m1/s1. The Kier molecular flexibility index (Phi) is 7.02. The molecule has 39 heavy (non-hydrogen) atoms. The van der Waals surface area contributed by atoms with Crippen LogP contribution in [0.5, 0.6) is 0 Å². The molecule has 0 unspecified atom stereocenters. The summed E-state index contributed by atoms with van der Waals surface area (Å²) in [4.78, 5) is 23.1. The molecule has 9 nitrogen and oxygen atoms in total. The number of anilines is 1. The number of rotatable bonds is 4. The first-order valence-corrected chi connectivity index (χ1v) is 14.0. The van der Waals surface area contributed by atoms with E-state index < -0.39 is 15.6 Å². The van der Waals surface area contributed by atoms with Crippen LogP contribution in [-0.4, -0.2) is 58.1 Å². The predicted molar refractivity (Wildman–Crippen MR) is 149 cm³/mol. The lowest BCUT2D eigenvalue weighted by Crippen LogP contribution is -2.36. The molecule has 10 heteroatoms. The molecule has 0 radical (unpaired) electrons. The number of fused-ring (bicyclic) bond motifs is 1. The van der Waals surface area contributed by atoms with Crippen molar-refractivity contribution in [1.82, 2.24) is 18.8 Å². The minimum absolute atomic E-state index is 0.0939. The third kappa shape index (κ3) is 5.73. The summed E-state index contributed by atoms with van der Waals surface area (Å²) in [5, 5.41) is 3.90. The fourth-order valence-corrected chi connectivity index (χ4v) is 5.80. The van der Waals surface area contributed by atoms with Gasteiger partial charge in [-0.3, -0.25) is 0 Å². The Balaban J connectivity index is 1.53. The minimum Gasteiger partial charge on any atom is -0.444 e. The molecule has 0 saturated carbocycles. The quantitative estimate of drug-likeness (QED) is 0.378. The number of carbonyl (C=O) groups is 1. The highest BCUT2D eigenvalue weighted by Crippen LogP contribution is 2.29. The molecule has 5 rings (SSSR count). The van der Waals surface area contributed by atoms with E-state index in [1.165, 1.54) is 10.3 Å². The van der Waals surface area contributed by atoms with Gasteiger partial charge >= 0.3 is 6.09 Å². The van der Waals surface area contributed by atoms with Crippen LogP contribution in [0.3, 0.4) is 0 Å². The van der Waals surface area contributed by atoms with Gasteiger partial charge in [-0.1, -0.05) is 42.3 Å². The Morgan fingerprint density at radius 2 is 1.72 bits per heavy atom. The third-order valence-corrected chi connectivity index (χ3v) is 7.84. The molecular formula is C29H29N5O4S. The normalized spacial score (nSPS) is 15.6. The fraction of sp³-hybridized carbons (Fsp3) is 0.276. The van der Waals surface area contributed by atoms with Crippen molar-refractivity contribution in [2.45, 2.75) is 43.7 Å². The Hall–Kier alpha value is -4.36. The SMILES string of the molecule is CC(C)(C)OC(=O)N1CC[C@@H](Nc2ncnc3c2cc(C#Cc2ccccc2)n3S(=O)(=O)c2ccccc2)C1. The van der Waals surface area contributed by atoms with E-state index in [4.69, 9.17) is 4.74 Å².